The van der Waals surface area contributed by atoms with Crippen molar-refractivity contribution in [1.82, 2.24) is 9.80 Å². The fourth-order valence-corrected chi connectivity index (χ4v) is 10.5. The van der Waals surface area contributed by atoms with Crippen LogP contribution in [-0.2, 0) is 0 Å². The quantitative estimate of drug-likeness (QED) is 0.243. The number of allylic oxidation sites excluding steroid dienone is 13. The molecule has 7 aliphatic carbocycles. The Labute approximate surface area is 293 Å². The maximum absolute atomic E-state index is 2.87. The van der Waals surface area contributed by atoms with Gasteiger partial charge in [0.2, 0.25) is 0 Å². The van der Waals surface area contributed by atoms with Gasteiger partial charge in [0.05, 0.1) is 12.1 Å². The van der Waals surface area contributed by atoms with Crippen LogP contribution in [0.3, 0.4) is 0 Å². The molecule has 5 atom stereocenters. The Morgan fingerprint density at radius 2 is 1.31 bits per heavy atom. The molecule has 2 heteroatoms. The molecule has 258 valence electrons. The predicted octanol–water partition coefficient (Wildman–Crippen LogP) is 12.6. The molecule has 0 bridgehead atoms. The average Bonchev–Trinajstić information content (AvgIpc) is 3.13. The molecule has 1 saturated carbocycles. The first-order chi connectivity index (χ1) is 23.4. The van der Waals surface area contributed by atoms with Gasteiger partial charge in [-0.2, -0.15) is 0 Å². The highest BCUT2D eigenvalue weighted by Gasteiger charge is 2.44. The third-order valence-electron chi connectivity index (χ3n) is 13.5. The van der Waals surface area contributed by atoms with Crippen molar-refractivity contribution >= 4 is 0 Å². The van der Waals surface area contributed by atoms with E-state index in [1.165, 1.54) is 114 Å². The van der Waals surface area contributed by atoms with E-state index in [0.717, 1.165) is 24.7 Å². The highest BCUT2D eigenvalue weighted by atomic mass is 15.2. The first-order valence-corrected chi connectivity index (χ1v) is 20.1. The van der Waals surface area contributed by atoms with E-state index in [-0.39, 0.29) is 0 Å². The molecule has 48 heavy (non-hydrogen) atoms. The standard InChI is InChI=1S/C46H64N2/c1-34-8-20-40(21-9-34)47(41-22-10-35(2)11-23-41)44-28-16-38(17-29-44)46(32-6-5-7-33-46)39-18-30-45(31-19-39)48(42-24-12-36(3)13-25-42)43-26-14-37(4)15-27-43/h8-10,12-13,16,20,24,26,28,30,37,39-42H,5-7,11,14-15,17-19,21-23,25,27,29,31-33H2,1-4H3/t37?,39-,40+,41-,42?/m1/s1. The molecule has 0 saturated heterocycles. The van der Waals surface area contributed by atoms with Gasteiger partial charge in [-0.15, -0.1) is 0 Å². The lowest BCUT2D eigenvalue weighted by Gasteiger charge is -2.49. The topological polar surface area (TPSA) is 6.48 Å². The summed E-state index contributed by atoms with van der Waals surface area (Å²) in [6.45, 7) is 9.25. The van der Waals surface area contributed by atoms with Crippen molar-refractivity contribution in [2.45, 2.75) is 161 Å². The van der Waals surface area contributed by atoms with Crippen molar-refractivity contribution in [2.24, 2.45) is 17.3 Å². The maximum Gasteiger partial charge on any atom is 0.0553 e. The van der Waals surface area contributed by atoms with E-state index in [1.807, 2.05) is 0 Å². The average molecular weight is 645 g/mol. The second-order valence-electron chi connectivity index (χ2n) is 16.8. The van der Waals surface area contributed by atoms with E-state index >= 15 is 0 Å². The summed E-state index contributed by atoms with van der Waals surface area (Å²) in [6.07, 6.45) is 51.0. The summed E-state index contributed by atoms with van der Waals surface area (Å²) in [5, 5.41) is 0. The summed E-state index contributed by atoms with van der Waals surface area (Å²) < 4.78 is 0. The van der Waals surface area contributed by atoms with Crippen molar-refractivity contribution in [1.29, 1.82) is 0 Å². The molecule has 0 N–H and O–H groups in total. The monoisotopic (exact) mass is 645 g/mol. The van der Waals surface area contributed by atoms with Gasteiger partial charge in [0.25, 0.3) is 0 Å². The Bertz CT molecular complexity index is 1460. The van der Waals surface area contributed by atoms with Gasteiger partial charge in [-0.05, 0) is 140 Å². The summed E-state index contributed by atoms with van der Waals surface area (Å²) in [5.74, 6) is 1.61. The van der Waals surface area contributed by atoms with Crippen LogP contribution in [0.2, 0.25) is 0 Å². The lowest BCUT2D eigenvalue weighted by molar-refractivity contribution is 0.118. The van der Waals surface area contributed by atoms with Crippen molar-refractivity contribution < 1.29 is 0 Å². The van der Waals surface area contributed by atoms with Crippen molar-refractivity contribution in [2.75, 3.05) is 0 Å². The van der Waals surface area contributed by atoms with E-state index in [4.69, 9.17) is 0 Å². The van der Waals surface area contributed by atoms with Crippen LogP contribution >= 0.6 is 0 Å². The zero-order valence-electron chi connectivity index (χ0n) is 30.9. The van der Waals surface area contributed by atoms with Crippen molar-refractivity contribution in [3.63, 3.8) is 0 Å². The van der Waals surface area contributed by atoms with Gasteiger partial charge in [0, 0.05) is 23.1 Å². The summed E-state index contributed by atoms with van der Waals surface area (Å²) >= 11 is 0. The van der Waals surface area contributed by atoms with Crippen molar-refractivity contribution in [3.8, 4) is 0 Å². The zero-order chi connectivity index (χ0) is 33.1. The SMILES string of the molecule is CC1=CCC(N(C2=CCC(C)CC2)C2=CC[C@@H](C3(C4=CC=C(N([C@@H]5CC=C(C)CC5)[C@H]5C=CC(C)=CC5)CC4)CCCCC3)CC2)C=C1. The normalized spacial score (nSPS) is 32.2. The number of rotatable bonds is 8. The Morgan fingerprint density at radius 3 is 1.88 bits per heavy atom. The molecule has 0 aromatic heterocycles. The minimum Gasteiger partial charge on any atom is -0.365 e. The second kappa shape index (κ2) is 15.0. The molecule has 2 nitrogen and oxygen atoms in total. The van der Waals surface area contributed by atoms with Crippen LogP contribution < -0.4 is 0 Å². The van der Waals surface area contributed by atoms with Crippen molar-refractivity contribution in [3.05, 3.63) is 106 Å². The second-order valence-corrected chi connectivity index (χ2v) is 16.8. The molecule has 0 aromatic rings. The van der Waals surface area contributed by atoms with Gasteiger partial charge in [0.15, 0.2) is 0 Å². The third kappa shape index (κ3) is 7.25. The molecule has 0 aromatic carbocycles. The van der Waals surface area contributed by atoms with Crippen LogP contribution in [0.1, 0.15) is 143 Å². The maximum atomic E-state index is 2.87. The smallest absolute Gasteiger partial charge is 0.0553 e. The largest absolute Gasteiger partial charge is 0.365 e. The van der Waals surface area contributed by atoms with Gasteiger partial charge in [-0.3, -0.25) is 0 Å². The highest BCUT2D eigenvalue weighted by molar-refractivity contribution is 5.34. The van der Waals surface area contributed by atoms with Gasteiger partial charge >= 0.3 is 0 Å². The Kier molecular flexibility index (Phi) is 10.6. The molecule has 7 aliphatic rings. The van der Waals surface area contributed by atoms with Crippen LogP contribution in [0.25, 0.3) is 0 Å². The minimum absolute atomic E-state index is 0.400. The lowest BCUT2D eigenvalue weighted by atomic mass is 9.57. The Hall–Kier alpha value is -2.74. The molecule has 1 fully saturated rings. The number of hydrogen-bond acceptors (Lipinski definition) is 2. The number of hydrogen-bond donors (Lipinski definition) is 0. The first-order valence-electron chi connectivity index (χ1n) is 20.1. The van der Waals surface area contributed by atoms with Gasteiger partial charge in [0.1, 0.15) is 0 Å². The molecule has 2 unspecified atom stereocenters. The lowest BCUT2D eigenvalue weighted by Crippen LogP contribution is -2.43. The summed E-state index contributed by atoms with van der Waals surface area (Å²) in [4.78, 5) is 5.67. The third-order valence-corrected chi connectivity index (χ3v) is 13.5. The molecule has 7 rings (SSSR count). The van der Waals surface area contributed by atoms with Crippen LogP contribution in [0.5, 0.6) is 0 Å². The fraction of sp³-hybridized carbons (Fsp3) is 0.609. The van der Waals surface area contributed by atoms with Crippen LogP contribution in [-0.4, -0.2) is 27.9 Å². The summed E-state index contributed by atoms with van der Waals surface area (Å²) in [6, 6.07) is 1.61. The molecule has 0 radical (unpaired) electrons. The van der Waals surface area contributed by atoms with E-state index in [1.54, 1.807) is 28.2 Å². The van der Waals surface area contributed by atoms with Crippen LogP contribution in [0, 0.1) is 17.3 Å². The Balaban J connectivity index is 1.13. The fourth-order valence-electron chi connectivity index (χ4n) is 10.5. The van der Waals surface area contributed by atoms with Gasteiger partial charge in [-0.1, -0.05) is 109 Å². The van der Waals surface area contributed by atoms with E-state index in [9.17, 15) is 0 Å². The predicted molar refractivity (Wildman–Crippen MR) is 205 cm³/mol. The summed E-state index contributed by atoms with van der Waals surface area (Å²) in [7, 11) is 0. The molecule has 0 amide bonds. The molecule has 0 aliphatic heterocycles. The molecular formula is C46H64N2. The van der Waals surface area contributed by atoms with E-state index < -0.39 is 0 Å². The van der Waals surface area contributed by atoms with Gasteiger partial charge < -0.3 is 9.80 Å². The van der Waals surface area contributed by atoms with Crippen LogP contribution in [0.4, 0.5) is 0 Å². The minimum atomic E-state index is 0.400. The molecule has 0 spiro atoms. The van der Waals surface area contributed by atoms with Crippen LogP contribution in [0.15, 0.2) is 106 Å². The van der Waals surface area contributed by atoms with Gasteiger partial charge in [-0.25, -0.2) is 0 Å². The Morgan fingerprint density at radius 1 is 0.604 bits per heavy atom. The number of nitrogens with zero attached hydrogens (tertiary/aromatic N) is 2. The highest BCUT2D eigenvalue weighted by Crippen LogP contribution is 2.55. The van der Waals surface area contributed by atoms with E-state index in [2.05, 4.69) is 104 Å². The first kappa shape index (κ1) is 33.7. The zero-order valence-corrected chi connectivity index (χ0v) is 30.9. The van der Waals surface area contributed by atoms with E-state index in [0.29, 0.717) is 23.5 Å². The summed E-state index contributed by atoms with van der Waals surface area (Å²) in [5.41, 5.74) is 11.5. The molecular weight excluding hydrogens is 581 g/mol. The molecule has 0 heterocycles.